The Morgan fingerprint density at radius 3 is 2.68 bits per heavy atom. The van der Waals surface area contributed by atoms with Crippen LogP contribution in [-0.4, -0.2) is 50.1 Å². The third-order valence-corrected chi connectivity index (χ3v) is 3.53. The molecule has 0 radical (unpaired) electrons. The highest BCUT2D eigenvalue weighted by atomic mass is 15.2. The first-order valence-corrected chi connectivity index (χ1v) is 7.60. The standard InChI is InChI=1S/C15H30N4/c1-4-6-7-10-17-15(16-3)18-14-8-12-19(11-5-2)13-9-14/h4,6,14H,5,7-13H2,1-3H3,(H2,16,17,18)/b6-4+. The normalized spacial score (nSPS) is 19.0. The van der Waals surface area contributed by atoms with Crippen molar-refractivity contribution in [2.75, 3.05) is 33.2 Å². The smallest absolute Gasteiger partial charge is 0.191 e. The van der Waals surface area contributed by atoms with Gasteiger partial charge < -0.3 is 15.5 Å². The summed E-state index contributed by atoms with van der Waals surface area (Å²) in [6.07, 6.45) is 8.99. The highest BCUT2D eigenvalue weighted by molar-refractivity contribution is 5.79. The fourth-order valence-electron chi connectivity index (χ4n) is 2.45. The van der Waals surface area contributed by atoms with Gasteiger partial charge in [-0.1, -0.05) is 19.1 Å². The lowest BCUT2D eigenvalue weighted by atomic mass is 10.1. The zero-order valence-corrected chi connectivity index (χ0v) is 12.8. The van der Waals surface area contributed by atoms with E-state index in [1.54, 1.807) is 0 Å². The van der Waals surface area contributed by atoms with Crippen LogP contribution in [0.25, 0.3) is 0 Å². The Kier molecular flexibility index (Phi) is 8.30. The quantitative estimate of drug-likeness (QED) is 0.334. The van der Waals surface area contributed by atoms with E-state index in [1.165, 1.54) is 38.9 Å². The van der Waals surface area contributed by atoms with Crippen molar-refractivity contribution in [1.29, 1.82) is 0 Å². The van der Waals surface area contributed by atoms with Crippen LogP contribution in [0.2, 0.25) is 0 Å². The first-order chi connectivity index (χ1) is 9.30. The van der Waals surface area contributed by atoms with Crippen LogP contribution in [0.1, 0.15) is 39.5 Å². The Morgan fingerprint density at radius 2 is 2.11 bits per heavy atom. The minimum absolute atomic E-state index is 0.570. The summed E-state index contributed by atoms with van der Waals surface area (Å²) in [4.78, 5) is 6.85. The van der Waals surface area contributed by atoms with E-state index in [1.807, 2.05) is 7.05 Å². The first kappa shape index (κ1) is 16.0. The molecule has 0 unspecified atom stereocenters. The lowest BCUT2D eigenvalue weighted by Gasteiger charge is -2.32. The van der Waals surface area contributed by atoms with Gasteiger partial charge in [0.1, 0.15) is 0 Å². The molecule has 4 heteroatoms. The number of nitrogens with one attached hydrogen (secondary N) is 2. The number of guanidine groups is 1. The average molecular weight is 266 g/mol. The van der Waals surface area contributed by atoms with Gasteiger partial charge in [-0.15, -0.1) is 0 Å². The zero-order chi connectivity index (χ0) is 13.9. The van der Waals surface area contributed by atoms with Gasteiger partial charge in [0.15, 0.2) is 5.96 Å². The van der Waals surface area contributed by atoms with Gasteiger partial charge in [0, 0.05) is 32.7 Å². The molecule has 1 fully saturated rings. The molecule has 1 heterocycles. The van der Waals surface area contributed by atoms with Crippen molar-refractivity contribution in [2.45, 2.75) is 45.6 Å². The second kappa shape index (κ2) is 9.84. The highest BCUT2D eigenvalue weighted by Crippen LogP contribution is 2.10. The van der Waals surface area contributed by atoms with Gasteiger partial charge in [-0.2, -0.15) is 0 Å². The van der Waals surface area contributed by atoms with Gasteiger partial charge in [0.2, 0.25) is 0 Å². The summed E-state index contributed by atoms with van der Waals surface area (Å²) >= 11 is 0. The molecule has 1 aliphatic rings. The largest absolute Gasteiger partial charge is 0.356 e. The van der Waals surface area contributed by atoms with Crippen LogP contribution >= 0.6 is 0 Å². The lowest BCUT2D eigenvalue weighted by molar-refractivity contribution is 0.206. The van der Waals surface area contributed by atoms with Crippen molar-refractivity contribution in [2.24, 2.45) is 4.99 Å². The summed E-state index contributed by atoms with van der Waals surface area (Å²) in [5.41, 5.74) is 0. The number of piperidine rings is 1. The minimum Gasteiger partial charge on any atom is -0.356 e. The molecule has 0 aromatic heterocycles. The fraction of sp³-hybridized carbons (Fsp3) is 0.800. The van der Waals surface area contributed by atoms with Gasteiger partial charge in [-0.3, -0.25) is 4.99 Å². The Hall–Kier alpha value is -1.03. The molecule has 0 aliphatic carbocycles. The number of hydrogen-bond acceptors (Lipinski definition) is 2. The van der Waals surface area contributed by atoms with Gasteiger partial charge in [0.05, 0.1) is 0 Å². The van der Waals surface area contributed by atoms with E-state index in [9.17, 15) is 0 Å². The van der Waals surface area contributed by atoms with Crippen molar-refractivity contribution < 1.29 is 0 Å². The van der Waals surface area contributed by atoms with E-state index in [0.717, 1.165) is 18.9 Å². The van der Waals surface area contributed by atoms with Gasteiger partial charge in [-0.05, 0) is 39.2 Å². The Morgan fingerprint density at radius 1 is 1.37 bits per heavy atom. The molecule has 0 bridgehead atoms. The van der Waals surface area contributed by atoms with E-state index in [4.69, 9.17) is 0 Å². The molecular weight excluding hydrogens is 236 g/mol. The molecule has 110 valence electrons. The number of aliphatic imine (C=N–C) groups is 1. The number of rotatable bonds is 6. The van der Waals surface area contributed by atoms with Crippen molar-refractivity contribution >= 4 is 5.96 Å². The molecule has 0 spiro atoms. The van der Waals surface area contributed by atoms with Crippen LogP contribution in [0, 0.1) is 0 Å². The van der Waals surface area contributed by atoms with Crippen LogP contribution < -0.4 is 10.6 Å². The minimum atomic E-state index is 0.570. The molecule has 0 atom stereocenters. The molecule has 19 heavy (non-hydrogen) atoms. The highest BCUT2D eigenvalue weighted by Gasteiger charge is 2.18. The molecule has 0 aromatic rings. The number of nitrogens with zero attached hydrogens (tertiary/aromatic N) is 2. The van der Waals surface area contributed by atoms with Crippen molar-refractivity contribution in [3.8, 4) is 0 Å². The van der Waals surface area contributed by atoms with E-state index in [-0.39, 0.29) is 0 Å². The molecular formula is C15H30N4. The average Bonchev–Trinajstić information content (AvgIpc) is 2.44. The lowest BCUT2D eigenvalue weighted by Crippen LogP contribution is -2.48. The summed E-state index contributed by atoms with van der Waals surface area (Å²) in [5.74, 6) is 0.943. The second-order valence-corrected chi connectivity index (χ2v) is 5.12. The number of allylic oxidation sites excluding steroid dienone is 1. The molecule has 0 saturated carbocycles. The zero-order valence-electron chi connectivity index (χ0n) is 12.8. The monoisotopic (exact) mass is 266 g/mol. The summed E-state index contributed by atoms with van der Waals surface area (Å²) in [7, 11) is 1.84. The van der Waals surface area contributed by atoms with Gasteiger partial charge in [0.25, 0.3) is 0 Å². The van der Waals surface area contributed by atoms with Gasteiger partial charge in [-0.25, -0.2) is 0 Å². The van der Waals surface area contributed by atoms with Crippen molar-refractivity contribution in [3.63, 3.8) is 0 Å². The van der Waals surface area contributed by atoms with Crippen LogP contribution in [-0.2, 0) is 0 Å². The van der Waals surface area contributed by atoms with E-state index in [2.05, 4.69) is 46.5 Å². The SMILES string of the molecule is C/C=C/CCNC(=NC)NC1CCN(CCC)CC1. The maximum absolute atomic E-state index is 4.29. The Labute approximate surface area is 118 Å². The molecule has 0 amide bonds. The van der Waals surface area contributed by atoms with Crippen LogP contribution in [0.3, 0.4) is 0 Å². The third-order valence-electron chi connectivity index (χ3n) is 3.53. The number of likely N-dealkylation sites (tertiary alicyclic amines) is 1. The molecule has 4 nitrogen and oxygen atoms in total. The van der Waals surface area contributed by atoms with E-state index < -0.39 is 0 Å². The molecule has 1 saturated heterocycles. The number of hydrogen-bond donors (Lipinski definition) is 2. The summed E-state index contributed by atoms with van der Waals surface area (Å²) in [5, 5.41) is 6.90. The summed E-state index contributed by atoms with van der Waals surface area (Å²) in [6, 6.07) is 0.570. The summed E-state index contributed by atoms with van der Waals surface area (Å²) < 4.78 is 0. The van der Waals surface area contributed by atoms with Crippen LogP contribution in [0.5, 0.6) is 0 Å². The third kappa shape index (κ3) is 6.62. The summed E-state index contributed by atoms with van der Waals surface area (Å²) in [6.45, 7) is 8.90. The predicted octanol–water partition coefficient (Wildman–Crippen LogP) is 1.99. The molecule has 2 N–H and O–H groups in total. The Balaban J connectivity index is 2.22. The van der Waals surface area contributed by atoms with E-state index >= 15 is 0 Å². The van der Waals surface area contributed by atoms with Crippen LogP contribution in [0.4, 0.5) is 0 Å². The fourth-order valence-corrected chi connectivity index (χ4v) is 2.45. The van der Waals surface area contributed by atoms with Gasteiger partial charge >= 0.3 is 0 Å². The predicted molar refractivity (Wildman–Crippen MR) is 83.7 cm³/mol. The molecule has 1 aliphatic heterocycles. The van der Waals surface area contributed by atoms with Crippen molar-refractivity contribution in [3.05, 3.63) is 12.2 Å². The van der Waals surface area contributed by atoms with Crippen molar-refractivity contribution in [1.82, 2.24) is 15.5 Å². The maximum Gasteiger partial charge on any atom is 0.191 e. The topological polar surface area (TPSA) is 39.7 Å². The maximum atomic E-state index is 4.29. The first-order valence-electron chi connectivity index (χ1n) is 7.60. The van der Waals surface area contributed by atoms with E-state index in [0.29, 0.717) is 6.04 Å². The Bertz CT molecular complexity index is 278. The molecule has 1 rings (SSSR count). The van der Waals surface area contributed by atoms with Crippen LogP contribution in [0.15, 0.2) is 17.1 Å². The second-order valence-electron chi connectivity index (χ2n) is 5.12. The molecule has 0 aromatic carbocycles.